The van der Waals surface area contributed by atoms with Crippen LogP contribution in [0, 0.1) is 5.92 Å². The van der Waals surface area contributed by atoms with Crippen LogP contribution in [-0.4, -0.2) is 23.4 Å². The fourth-order valence-corrected chi connectivity index (χ4v) is 6.05. The molecule has 102 valence electrons. The molecule has 0 saturated carbocycles. The van der Waals surface area contributed by atoms with Crippen molar-refractivity contribution in [2.75, 3.05) is 6.54 Å². The fraction of sp³-hybridized carbons (Fsp3) is 0.667. The molecule has 1 aromatic rings. The van der Waals surface area contributed by atoms with Gasteiger partial charge in [-0.1, -0.05) is 18.5 Å². The molecule has 4 rings (SSSR count). The number of rotatable bonds is 0. The first-order valence-corrected chi connectivity index (χ1v) is 8.37. The zero-order valence-corrected chi connectivity index (χ0v) is 12.7. The molecule has 0 radical (unpaired) electrons. The molecule has 19 heavy (non-hydrogen) atoms. The molecule has 2 nitrogen and oxygen atoms in total. The zero-order valence-electron chi connectivity index (χ0n) is 11.1. The van der Waals surface area contributed by atoms with Gasteiger partial charge in [-0.05, 0) is 43.2 Å². The monoisotopic (exact) mass is 295 g/mol. The lowest BCUT2D eigenvalue weighted by atomic mass is 9.60. The van der Waals surface area contributed by atoms with Crippen molar-refractivity contribution in [2.24, 2.45) is 5.92 Å². The van der Waals surface area contributed by atoms with Crippen LogP contribution in [0.4, 0.5) is 0 Å². The van der Waals surface area contributed by atoms with Crippen LogP contribution >= 0.6 is 22.9 Å². The first kappa shape index (κ1) is 12.2. The number of piperidine rings is 1. The van der Waals surface area contributed by atoms with Crippen LogP contribution in [-0.2, 0) is 16.6 Å². The van der Waals surface area contributed by atoms with E-state index in [2.05, 4.69) is 17.9 Å². The maximum Gasteiger partial charge on any atom is 0.222 e. The van der Waals surface area contributed by atoms with E-state index >= 15 is 0 Å². The molecule has 3 heterocycles. The Labute approximate surface area is 122 Å². The molecule has 0 unspecified atom stereocenters. The number of nitrogens with zero attached hydrogens (tertiary/aromatic N) is 1. The number of hydrogen-bond donors (Lipinski definition) is 0. The summed E-state index contributed by atoms with van der Waals surface area (Å²) in [4.78, 5) is 15.6. The van der Waals surface area contributed by atoms with Gasteiger partial charge in [-0.2, -0.15) is 0 Å². The molecule has 1 aromatic heterocycles. The van der Waals surface area contributed by atoms with Gasteiger partial charge in [-0.25, -0.2) is 0 Å². The van der Waals surface area contributed by atoms with Crippen molar-refractivity contribution >= 4 is 28.8 Å². The maximum atomic E-state index is 11.9. The largest absolute Gasteiger partial charge is 0.339 e. The molecule has 3 aliphatic rings. The Morgan fingerprint density at radius 3 is 3.11 bits per heavy atom. The Kier molecular flexibility index (Phi) is 2.56. The number of aryl methyl sites for hydroxylation is 1. The molecule has 0 spiro atoms. The van der Waals surface area contributed by atoms with Gasteiger partial charge in [0.15, 0.2) is 0 Å². The SMILES string of the molecule is C[C@]12CCN3C(=O)CC[C@H]3[C@@H]1CCc1sc(Cl)cc12. The predicted molar refractivity (Wildman–Crippen MR) is 77.8 cm³/mol. The number of amides is 1. The van der Waals surface area contributed by atoms with E-state index in [0.29, 0.717) is 17.9 Å². The highest BCUT2D eigenvalue weighted by Gasteiger charge is 2.52. The Hall–Kier alpha value is -0.540. The highest BCUT2D eigenvalue weighted by molar-refractivity contribution is 7.16. The maximum absolute atomic E-state index is 11.9. The topological polar surface area (TPSA) is 20.3 Å². The Morgan fingerprint density at radius 2 is 2.26 bits per heavy atom. The molecule has 2 aliphatic heterocycles. The second kappa shape index (κ2) is 3.98. The summed E-state index contributed by atoms with van der Waals surface area (Å²) < 4.78 is 0.928. The lowest BCUT2D eigenvalue weighted by Gasteiger charge is -2.51. The van der Waals surface area contributed by atoms with Crippen LogP contribution in [0.5, 0.6) is 0 Å². The number of halogens is 1. The molecule has 1 amide bonds. The van der Waals surface area contributed by atoms with Crippen LogP contribution in [0.15, 0.2) is 6.07 Å². The summed E-state index contributed by atoms with van der Waals surface area (Å²) in [5, 5.41) is 0. The highest BCUT2D eigenvalue weighted by atomic mass is 35.5. The van der Waals surface area contributed by atoms with Crippen molar-refractivity contribution in [3.8, 4) is 0 Å². The van der Waals surface area contributed by atoms with Crippen molar-refractivity contribution in [2.45, 2.75) is 50.5 Å². The molecule has 2 fully saturated rings. The summed E-state index contributed by atoms with van der Waals surface area (Å²) in [6, 6.07) is 2.68. The van der Waals surface area contributed by atoms with E-state index in [9.17, 15) is 4.79 Å². The lowest BCUT2D eigenvalue weighted by Crippen LogP contribution is -2.55. The third kappa shape index (κ3) is 1.58. The molecule has 0 aromatic carbocycles. The van der Waals surface area contributed by atoms with Gasteiger partial charge in [0.05, 0.1) is 4.34 Å². The van der Waals surface area contributed by atoms with Crippen LogP contribution < -0.4 is 0 Å². The average molecular weight is 296 g/mol. The Morgan fingerprint density at radius 1 is 1.42 bits per heavy atom. The molecule has 3 atom stereocenters. The molecule has 4 heteroatoms. The van der Waals surface area contributed by atoms with Crippen LogP contribution in [0.3, 0.4) is 0 Å². The Balaban J connectivity index is 1.78. The summed E-state index contributed by atoms with van der Waals surface area (Å²) in [5.41, 5.74) is 1.72. The second-order valence-electron chi connectivity index (χ2n) is 6.39. The van der Waals surface area contributed by atoms with Gasteiger partial charge in [0.1, 0.15) is 0 Å². The summed E-state index contributed by atoms with van der Waals surface area (Å²) in [5.74, 6) is 1.01. The van der Waals surface area contributed by atoms with Crippen molar-refractivity contribution in [1.29, 1.82) is 0 Å². The molecular weight excluding hydrogens is 278 g/mol. The van der Waals surface area contributed by atoms with Crippen molar-refractivity contribution < 1.29 is 4.79 Å². The standard InChI is InChI=1S/C15H18ClNOS/c1-15-6-7-17-11(3-5-14(17)18)9(15)2-4-12-10(15)8-13(16)19-12/h8-9,11H,2-7H2,1H3/t9-,11-,15-/m0/s1. The first-order valence-electron chi connectivity index (χ1n) is 7.18. The summed E-state index contributed by atoms with van der Waals surface area (Å²) in [6.45, 7) is 3.34. The van der Waals surface area contributed by atoms with Crippen LogP contribution in [0.1, 0.15) is 43.0 Å². The van der Waals surface area contributed by atoms with E-state index in [-0.39, 0.29) is 5.41 Å². The van der Waals surface area contributed by atoms with E-state index in [1.165, 1.54) is 16.9 Å². The minimum Gasteiger partial charge on any atom is -0.339 e. The van der Waals surface area contributed by atoms with E-state index < -0.39 is 0 Å². The molecule has 0 bridgehead atoms. The highest BCUT2D eigenvalue weighted by Crippen LogP contribution is 2.53. The van der Waals surface area contributed by atoms with Gasteiger partial charge >= 0.3 is 0 Å². The molecule has 2 saturated heterocycles. The smallest absolute Gasteiger partial charge is 0.222 e. The van der Waals surface area contributed by atoms with E-state index in [1.807, 2.05) is 0 Å². The van der Waals surface area contributed by atoms with Gasteiger partial charge < -0.3 is 4.90 Å². The number of thiophene rings is 1. The third-order valence-electron chi connectivity index (χ3n) is 5.61. The minimum absolute atomic E-state index is 0.239. The first-order chi connectivity index (χ1) is 9.09. The Bertz CT molecular complexity index is 554. The van der Waals surface area contributed by atoms with Gasteiger partial charge in [0.2, 0.25) is 5.91 Å². The third-order valence-corrected chi connectivity index (χ3v) is 6.93. The normalized spacial score (nSPS) is 36.9. The van der Waals surface area contributed by atoms with Crippen molar-refractivity contribution in [1.82, 2.24) is 4.90 Å². The van der Waals surface area contributed by atoms with E-state index in [4.69, 9.17) is 11.6 Å². The van der Waals surface area contributed by atoms with Gasteiger partial charge in [-0.15, -0.1) is 11.3 Å². The van der Waals surface area contributed by atoms with Gasteiger partial charge in [0, 0.05) is 29.3 Å². The average Bonchev–Trinajstić information content (AvgIpc) is 2.92. The van der Waals surface area contributed by atoms with E-state index in [1.54, 1.807) is 11.3 Å². The summed E-state index contributed by atoms with van der Waals surface area (Å²) >= 11 is 7.99. The quantitative estimate of drug-likeness (QED) is 0.716. The predicted octanol–water partition coefficient (Wildman–Crippen LogP) is 3.62. The van der Waals surface area contributed by atoms with Crippen molar-refractivity contribution in [3.05, 3.63) is 20.8 Å². The minimum atomic E-state index is 0.239. The van der Waals surface area contributed by atoms with E-state index in [0.717, 1.165) is 36.6 Å². The summed E-state index contributed by atoms with van der Waals surface area (Å²) in [7, 11) is 0. The second-order valence-corrected chi connectivity index (χ2v) is 8.16. The number of carbonyl (C=O) groups excluding carboxylic acids is 1. The number of fused-ring (bicyclic) bond motifs is 5. The fourth-order valence-electron chi connectivity index (χ4n) is 4.62. The van der Waals surface area contributed by atoms with Crippen LogP contribution in [0.25, 0.3) is 0 Å². The molecule has 0 N–H and O–H groups in total. The zero-order chi connectivity index (χ0) is 13.2. The number of hydrogen-bond acceptors (Lipinski definition) is 2. The van der Waals surface area contributed by atoms with Gasteiger partial charge in [0.25, 0.3) is 0 Å². The van der Waals surface area contributed by atoms with Crippen LogP contribution in [0.2, 0.25) is 4.34 Å². The molecular formula is C15H18ClNOS. The lowest BCUT2D eigenvalue weighted by molar-refractivity contribution is -0.132. The molecule has 1 aliphatic carbocycles. The number of carbonyl (C=O) groups is 1. The van der Waals surface area contributed by atoms with Gasteiger partial charge in [-0.3, -0.25) is 4.79 Å². The summed E-state index contributed by atoms with van der Waals surface area (Å²) in [6.07, 6.45) is 5.28. The van der Waals surface area contributed by atoms with Crippen molar-refractivity contribution in [3.63, 3.8) is 0 Å².